The lowest BCUT2D eigenvalue weighted by molar-refractivity contribution is -0.128. The van der Waals surface area contributed by atoms with Gasteiger partial charge in [-0.25, -0.2) is 0 Å². The molecule has 0 aromatic carbocycles. The van der Waals surface area contributed by atoms with Crippen LogP contribution in [0.1, 0.15) is 52.9 Å². The number of hydrogen-bond acceptors (Lipinski definition) is 2. The minimum absolute atomic E-state index is 0.187. The van der Waals surface area contributed by atoms with Crippen molar-refractivity contribution in [2.45, 2.75) is 58.9 Å². The third kappa shape index (κ3) is 2.10. The second-order valence-electron chi connectivity index (χ2n) is 7.90. The minimum Gasteiger partial charge on any atom is -0.352 e. The highest BCUT2D eigenvalue weighted by Crippen LogP contribution is 2.62. The molecule has 2 bridgehead atoms. The lowest BCUT2D eigenvalue weighted by Crippen LogP contribution is -2.55. The molecule has 0 aromatic heterocycles. The molecule has 108 valence electrons. The van der Waals surface area contributed by atoms with Gasteiger partial charge in [0.1, 0.15) is 0 Å². The van der Waals surface area contributed by atoms with Crippen molar-refractivity contribution < 1.29 is 4.79 Å². The van der Waals surface area contributed by atoms with Gasteiger partial charge in [0.25, 0.3) is 0 Å². The lowest BCUT2D eigenvalue weighted by atomic mass is 9.68. The van der Waals surface area contributed by atoms with Crippen molar-refractivity contribution in [2.75, 3.05) is 13.1 Å². The van der Waals surface area contributed by atoms with Crippen LogP contribution in [-0.4, -0.2) is 25.0 Å². The zero-order valence-corrected chi connectivity index (χ0v) is 12.6. The van der Waals surface area contributed by atoms with Crippen LogP contribution in [0.15, 0.2) is 0 Å². The highest BCUT2D eigenvalue weighted by atomic mass is 16.2. The fraction of sp³-hybridized carbons (Fsp3) is 0.938. The normalized spacial score (nSPS) is 44.3. The van der Waals surface area contributed by atoms with Crippen molar-refractivity contribution in [3.8, 4) is 0 Å². The molecule has 1 aliphatic heterocycles. The molecule has 1 heterocycles. The first-order valence-corrected chi connectivity index (χ1v) is 7.94. The quantitative estimate of drug-likeness (QED) is 0.803. The van der Waals surface area contributed by atoms with Crippen LogP contribution in [0.2, 0.25) is 0 Å². The minimum atomic E-state index is 0.187. The smallest absolute Gasteiger partial charge is 0.224 e. The number of amides is 1. The van der Waals surface area contributed by atoms with Crippen molar-refractivity contribution in [3.05, 3.63) is 0 Å². The van der Waals surface area contributed by atoms with Gasteiger partial charge >= 0.3 is 0 Å². The standard InChI is InChI=1S/C16H28N2O/c1-15(2)12-6-7-16(3,9-12)14(15)18-13(19)11-5-4-8-17-10-11/h11-12,14,17H,4-10H2,1-3H3,(H,18,19). The Morgan fingerprint density at radius 2 is 2.05 bits per heavy atom. The van der Waals surface area contributed by atoms with Crippen molar-refractivity contribution >= 4 is 5.91 Å². The fourth-order valence-electron chi connectivity index (χ4n) is 5.00. The summed E-state index contributed by atoms with van der Waals surface area (Å²) < 4.78 is 0. The Morgan fingerprint density at radius 3 is 2.63 bits per heavy atom. The summed E-state index contributed by atoms with van der Waals surface area (Å²) in [6, 6.07) is 0.369. The maximum atomic E-state index is 12.5. The van der Waals surface area contributed by atoms with Gasteiger partial charge in [0.2, 0.25) is 5.91 Å². The Balaban J connectivity index is 1.70. The number of hydrogen-bond donors (Lipinski definition) is 2. The molecular weight excluding hydrogens is 236 g/mol. The summed E-state index contributed by atoms with van der Waals surface area (Å²) >= 11 is 0. The summed E-state index contributed by atoms with van der Waals surface area (Å²) in [5, 5.41) is 6.78. The largest absolute Gasteiger partial charge is 0.352 e. The van der Waals surface area contributed by atoms with E-state index in [1.165, 1.54) is 19.3 Å². The molecule has 0 spiro atoms. The average Bonchev–Trinajstić information content (AvgIpc) is 2.87. The molecule has 3 nitrogen and oxygen atoms in total. The lowest BCUT2D eigenvalue weighted by Gasteiger charge is -2.43. The second-order valence-corrected chi connectivity index (χ2v) is 7.90. The molecule has 19 heavy (non-hydrogen) atoms. The summed E-state index contributed by atoms with van der Waals surface area (Å²) in [4.78, 5) is 12.5. The van der Waals surface area contributed by atoms with E-state index in [0.717, 1.165) is 31.8 Å². The van der Waals surface area contributed by atoms with E-state index in [4.69, 9.17) is 0 Å². The molecule has 3 aliphatic rings. The van der Waals surface area contributed by atoms with E-state index in [9.17, 15) is 4.79 Å². The summed E-state index contributed by atoms with van der Waals surface area (Å²) in [7, 11) is 0. The zero-order valence-electron chi connectivity index (χ0n) is 12.6. The molecule has 2 saturated carbocycles. The van der Waals surface area contributed by atoms with Gasteiger partial charge in [-0.15, -0.1) is 0 Å². The number of carbonyl (C=O) groups excluding carboxylic acids is 1. The SMILES string of the molecule is CC12CCC(C1)C(C)(C)C2NC(=O)C1CCCNC1. The van der Waals surface area contributed by atoms with E-state index >= 15 is 0 Å². The van der Waals surface area contributed by atoms with Gasteiger partial charge in [-0.05, 0) is 55.4 Å². The van der Waals surface area contributed by atoms with E-state index in [2.05, 4.69) is 31.4 Å². The molecule has 0 aromatic rings. The summed E-state index contributed by atoms with van der Waals surface area (Å²) in [6.07, 6.45) is 6.11. The number of rotatable bonds is 2. The van der Waals surface area contributed by atoms with Crippen molar-refractivity contribution in [1.82, 2.24) is 10.6 Å². The van der Waals surface area contributed by atoms with Crippen LogP contribution in [0.25, 0.3) is 0 Å². The Labute approximate surface area is 116 Å². The Morgan fingerprint density at radius 1 is 1.26 bits per heavy atom. The van der Waals surface area contributed by atoms with Crippen LogP contribution < -0.4 is 10.6 Å². The van der Waals surface area contributed by atoms with Gasteiger partial charge in [-0.2, -0.15) is 0 Å². The molecule has 3 fully saturated rings. The Bertz CT molecular complexity index is 368. The molecule has 2 N–H and O–H groups in total. The Hall–Kier alpha value is -0.570. The first kappa shape index (κ1) is 13.4. The number of carbonyl (C=O) groups is 1. The van der Waals surface area contributed by atoms with Crippen LogP contribution in [0.5, 0.6) is 0 Å². The molecule has 2 aliphatic carbocycles. The molecule has 4 atom stereocenters. The molecule has 3 heteroatoms. The van der Waals surface area contributed by atoms with Crippen molar-refractivity contribution in [3.63, 3.8) is 0 Å². The molecule has 0 radical (unpaired) electrons. The van der Waals surface area contributed by atoms with Crippen molar-refractivity contribution in [2.24, 2.45) is 22.7 Å². The van der Waals surface area contributed by atoms with Crippen LogP contribution in [-0.2, 0) is 4.79 Å². The number of piperidine rings is 1. The molecular formula is C16H28N2O. The summed E-state index contributed by atoms with van der Waals surface area (Å²) in [5.74, 6) is 1.28. The maximum absolute atomic E-state index is 12.5. The van der Waals surface area contributed by atoms with E-state index in [1.54, 1.807) is 0 Å². The van der Waals surface area contributed by atoms with E-state index < -0.39 is 0 Å². The first-order chi connectivity index (χ1) is 8.93. The number of nitrogens with one attached hydrogen (secondary N) is 2. The van der Waals surface area contributed by atoms with Gasteiger partial charge in [-0.1, -0.05) is 20.8 Å². The molecule has 1 amide bonds. The molecule has 4 unspecified atom stereocenters. The van der Waals surface area contributed by atoms with E-state index in [0.29, 0.717) is 17.4 Å². The number of fused-ring (bicyclic) bond motifs is 2. The third-order valence-electron chi connectivity index (χ3n) is 6.22. The zero-order chi connectivity index (χ0) is 13.7. The van der Waals surface area contributed by atoms with Gasteiger partial charge in [-0.3, -0.25) is 4.79 Å². The van der Waals surface area contributed by atoms with Gasteiger partial charge in [0.15, 0.2) is 0 Å². The van der Waals surface area contributed by atoms with Gasteiger partial charge in [0, 0.05) is 12.6 Å². The average molecular weight is 264 g/mol. The van der Waals surface area contributed by atoms with E-state index in [1.807, 2.05) is 0 Å². The highest BCUT2D eigenvalue weighted by molar-refractivity contribution is 5.79. The molecule has 1 saturated heterocycles. The maximum Gasteiger partial charge on any atom is 0.224 e. The monoisotopic (exact) mass is 264 g/mol. The topological polar surface area (TPSA) is 41.1 Å². The van der Waals surface area contributed by atoms with Crippen LogP contribution in [0.4, 0.5) is 0 Å². The second kappa shape index (κ2) is 4.47. The van der Waals surface area contributed by atoms with Crippen LogP contribution >= 0.6 is 0 Å². The van der Waals surface area contributed by atoms with Crippen LogP contribution in [0.3, 0.4) is 0 Å². The van der Waals surface area contributed by atoms with Crippen LogP contribution in [0, 0.1) is 22.7 Å². The summed E-state index contributed by atoms with van der Waals surface area (Å²) in [5.41, 5.74) is 0.608. The predicted molar refractivity (Wildman–Crippen MR) is 76.8 cm³/mol. The van der Waals surface area contributed by atoms with E-state index in [-0.39, 0.29) is 11.3 Å². The third-order valence-corrected chi connectivity index (χ3v) is 6.22. The summed E-state index contributed by atoms with van der Waals surface area (Å²) in [6.45, 7) is 9.02. The van der Waals surface area contributed by atoms with Gasteiger partial charge < -0.3 is 10.6 Å². The highest BCUT2D eigenvalue weighted by Gasteiger charge is 2.59. The van der Waals surface area contributed by atoms with Crippen molar-refractivity contribution in [1.29, 1.82) is 0 Å². The fourth-order valence-corrected chi connectivity index (χ4v) is 5.00. The predicted octanol–water partition coefficient (Wildman–Crippen LogP) is 2.32. The first-order valence-electron chi connectivity index (χ1n) is 7.94. The molecule has 3 rings (SSSR count). The Kier molecular flexibility index (Phi) is 3.16. The van der Waals surface area contributed by atoms with Gasteiger partial charge in [0.05, 0.1) is 5.92 Å².